The Morgan fingerprint density at radius 3 is 0.680 bits per heavy atom. The van der Waals surface area contributed by atoms with E-state index in [9.17, 15) is 43.2 Å². The number of phosphoric ester groups is 2. The van der Waals surface area contributed by atoms with Crippen LogP contribution in [0, 0.1) is 11.8 Å². The Labute approximate surface area is 613 Å². The van der Waals surface area contributed by atoms with E-state index in [0.29, 0.717) is 25.7 Å². The normalized spacial score (nSPS) is 13.9. The first-order valence-electron chi connectivity index (χ1n) is 42.0. The highest BCUT2D eigenvalue weighted by Gasteiger charge is 2.30. The van der Waals surface area contributed by atoms with Crippen LogP contribution in [0.1, 0.15) is 427 Å². The molecule has 0 spiro atoms. The molecule has 0 aromatic rings. The fourth-order valence-electron chi connectivity index (χ4n) is 12.5. The van der Waals surface area contributed by atoms with Crippen molar-refractivity contribution in [1.82, 2.24) is 0 Å². The van der Waals surface area contributed by atoms with Gasteiger partial charge in [-0.05, 0) is 37.5 Å². The van der Waals surface area contributed by atoms with Gasteiger partial charge in [-0.2, -0.15) is 0 Å². The maximum atomic E-state index is 13.1. The van der Waals surface area contributed by atoms with Gasteiger partial charge >= 0.3 is 39.5 Å². The molecule has 0 aromatic heterocycles. The van der Waals surface area contributed by atoms with E-state index in [-0.39, 0.29) is 25.7 Å². The molecule has 0 fully saturated rings. The van der Waals surface area contributed by atoms with Crippen LogP contribution in [0.3, 0.4) is 0 Å². The lowest BCUT2D eigenvalue weighted by Crippen LogP contribution is -2.30. The average Bonchev–Trinajstić information content (AvgIpc) is 1.01. The molecule has 0 bridgehead atoms. The van der Waals surface area contributed by atoms with E-state index in [2.05, 4.69) is 41.5 Å². The van der Waals surface area contributed by atoms with Gasteiger partial charge in [0, 0.05) is 25.7 Å². The molecule has 100 heavy (non-hydrogen) atoms. The zero-order chi connectivity index (χ0) is 73.5. The molecule has 0 aliphatic heterocycles. The number of carbonyl (C=O) groups excluding carboxylic acids is 4. The van der Waals surface area contributed by atoms with Crippen molar-refractivity contribution in [2.24, 2.45) is 11.8 Å². The minimum Gasteiger partial charge on any atom is -0.462 e. The molecule has 2 unspecified atom stereocenters. The van der Waals surface area contributed by atoms with Crippen molar-refractivity contribution in [2.45, 2.75) is 445 Å². The number of esters is 4. The van der Waals surface area contributed by atoms with Crippen LogP contribution >= 0.6 is 15.6 Å². The number of unbranched alkanes of at least 4 members (excludes halogenated alkanes) is 50. The van der Waals surface area contributed by atoms with Crippen LogP contribution in [0.4, 0.5) is 0 Å². The molecule has 0 radical (unpaired) electrons. The van der Waals surface area contributed by atoms with Gasteiger partial charge in [0.2, 0.25) is 0 Å². The lowest BCUT2D eigenvalue weighted by molar-refractivity contribution is -0.161. The minimum atomic E-state index is -4.96. The highest BCUT2D eigenvalue weighted by atomic mass is 31.2. The van der Waals surface area contributed by atoms with Gasteiger partial charge in [-0.15, -0.1) is 0 Å². The zero-order valence-corrected chi connectivity index (χ0v) is 67.3. The number of aliphatic hydroxyl groups excluding tert-OH is 1. The lowest BCUT2D eigenvalue weighted by atomic mass is 10.0. The van der Waals surface area contributed by atoms with E-state index in [1.54, 1.807) is 0 Å². The van der Waals surface area contributed by atoms with Crippen molar-refractivity contribution in [3.63, 3.8) is 0 Å². The van der Waals surface area contributed by atoms with Crippen molar-refractivity contribution >= 4 is 39.5 Å². The quantitative estimate of drug-likeness (QED) is 0.0222. The molecule has 0 aliphatic carbocycles. The predicted octanol–water partition coefficient (Wildman–Crippen LogP) is 24.3. The van der Waals surface area contributed by atoms with Crippen LogP contribution < -0.4 is 0 Å². The van der Waals surface area contributed by atoms with E-state index >= 15 is 0 Å². The molecule has 0 aromatic carbocycles. The van der Waals surface area contributed by atoms with Gasteiger partial charge in [0.25, 0.3) is 0 Å². The Kier molecular flexibility index (Phi) is 71.2. The lowest BCUT2D eigenvalue weighted by Gasteiger charge is -2.21. The summed E-state index contributed by atoms with van der Waals surface area (Å²) < 4.78 is 68.7. The molecule has 5 atom stereocenters. The Morgan fingerprint density at radius 1 is 0.270 bits per heavy atom. The molecule has 0 aliphatic rings. The Balaban J connectivity index is 5.22. The molecule has 0 saturated heterocycles. The largest absolute Gasteiger partial charge is 0.472 e. The monoisotopic (exact) mass is 1470 g/mol. The van der Waals surface area contributed by atoms with Crippen LogP contribution in [0.2, 0.25) is 0 Å². The van der Waals surface area contributed by atoms with Crippen molar-refractivity contribution in [3.05, 3.63) is 0 Å². The number of aliphatic hydroxyl groups is 1. The SMILES string of the molecule is CCCCCCCCCCCCCCCCCCCCC(=O)OC[C@H](COP(=O)(O)OC[C@@H](O)COP(=O)(O)OC[C@@H](COC(=O)CCCCCCCCCCC)OC(=O)CCCCCCCCCCCCCC(C)C)OC(=O)CCCCCCCCCCCCCCCCCCC(C)C. The molecule has 0 amide bonds. The Morgan fingerprint density at radius 2 is 0.460 bits per heavy atom. The standard InChI is InChI=1S/C81H158O17P2/c1-7-9-11-13-15-17-18-19-20-21-22-26-29-34-40-46-52-58-64-79(84)92-70-77(98-80(85)65-59-53-47-41-35-30-27-24-23-25-28-32-38-43-49-55-61-73(3)4)72-96-100(89,90)94-68-75(82)67-93-99(87,88)95-71-76(69-91-78(83)63-57-51-45-37-16-14-12-10-8-2)97-81(86)66-60-54-48-42-36-31-33-39-44-50-56-62-74(5)6/h73-77,82H,7-72H2,1-6H3,(H,87,88)(H,89,90)/t75-,76+,77+/m0/s1. The summed E-state index contributed by atoms with van der Waals surface area (Å²) >= 11 is 0. The van der Waals surface area contributed by atoms with Crippen molar-refractivity contribution in [3.8, 4) is 0 Å². The summed E-state index contributed by atoms with van der Waals surface area (Å²) in [5.41, 5.74) is 0. The first-order valence-corrected chi connectivity index (χ1v) is 45.0. The summed E-state index contributed by atoms with van der Waals surface area (Å²) in [7, 11) is -9.92. The highest BCUT2D eigenvalue weighted by Crippen LogP contribution is 2.45. The molecule has 0 saturated carbocycles. The van der Waals surface area contributed by atoms with Crippen LogP contribution in [-0.4, -0.2) is 96.7 Å². The van der Waals surface area contributed by atoms with E-state index < -0.39 is 97.5 Å². The van der Waals surface area contributed by atoms with Crippen LogP contribution in [0.25, 0.3) is 0 Å². The Bertz CT molecular complexity index is 1920. The van der Waals surface area contributed by atoms with E-state index in [0.717, 1.165) is 102 Å². The fourth-order valence-corrected chi connectivity index (χ4v) is 14.1. The van der Waals surface area contributed by atoms with Gasteiger partial charge < -0.3 is 33.8 Å². The summed E-state index contributed by atoms with van der Waals surface area (Å²) in [6.45, 7) is 9.65. The van der Waals surface area contributed by atoms with Crippen LogP contribution in [0.15, 0.2) is 0 Å². The molecular formula is C81H158O17P2. The smallest absolute Gasteiger partial charge is 0.462 e. The number of hydrogen-bond acceptors (Lipinski definition) is 15. The van der Waals surface area contributed by atoms with E-state index in [1.807, 2.05) is 0 Å². The van der Waals surface area contributed by atoms with Gasteiger partial charge in [-0.1, -0.05) is 375 Å². The topological polar surface area (TPSA) is 237 Å². The van der Waals surface area contributed by atoms with Crippen molar-refractivity contribution < 1.29 is 80.2 Å². The van der Waals surface area contributed by atoms with Gasteiger partial charge in [-0.3, -0.25) is 37.3 Å². The summed E-state index contributed by atoms with van der Waals surface area (Å²) in [5, 5.41) is 10.6. The summed E-state index contributed by atoms with van der Waals surface area (Å²) in [6.07, 6.45) is 62.5. The predicted molar refractivity (Wildman–Crippen MR) is 409 cm³/mol. The van der Waals surface area contributed by atoms with Gasteiger partial charge in [0.1, 0.15) is 19.3 Å². The third-order valence-corrected chi connectivity index (χ3v) is 20.9. The first kappa shape index (κ1) is 98.1. The Hall–Kier alpha value is -1.94. The summed E-state index contributed by atoms with van der Waals surface area (Å²) in [5.74, 6) is -0.535. The average molecular weight is 1470 g/mol. The van der Waals surface area contributed by atoms with E-state index in [1.165, 1.54) is 244 Å². The summed E-state index contributed by atoms with van der Waals surface area (Å²) in [4.78, 5) is 73.0. The maximum absolute atomic E-state index is 13.1. The van der Waals surface area contributed by atoms with Crippen LogP contribution in [0.5, 0.6) is 0 Å². The first-order chi connectivity index (χ1) is 48.4. The zero-order valence-electron chi connectivity index (χ0n) is 65.5. The molecule has 0 heterocycles. The van der Waals surface area contributed by atoms with Gasteiger partial charge in [0.05, 0.1) is 26.4 Å². The molecule has 17 nitrogen and oxygen atoms in total. The third kappa shape index (κ3) is 74.3. The fraction of sp³-hybridized carbons (Fsp3) is 0.951. The maximum Gasteiger partial charge on any atom is 0.472 e. The number of rotatable bonds is 80. The van der Waals surface area contributed by atoms with Crippen molar-refractivity contribution in [1.29, 1.82) is 0 Å². The van der Waals surface area contributed by atoms with Crippen LogP contribution in [-0.2, 0) is 65.4 Å². The summed E-state index contributed by atoms with van der Waals surface area (Å²) in [6, 6.07) is 0. The number of hydrogen-bond donors (Lipinski definition) is 3. The second kappa shape index (κ2) is 72.6. The molecule has 594 valence electrons. The molecule has 0 rings (SSSR count). The van der Waals surface area contributed by atoms with Gasteiger partial charge in [-0.25, -0.2) is 9.13 Å². The molecule has 3 N–H and O–H groups in total. The third-order valence-electron chi connectivity index (χ3n) is 19.0. The minimum absolute atomic E-state index is 0.107. The van der Waals surface area contributed by atoms with Crippen molar-refractivity contribution in [2.75, 3.05) is 39.6 Å². The van der Waals surface area contributed by atoms with E-state index in [4.69, 9.17) is 37.0 Å². The number of phosphoric acid groups is 2. The number of ether oxygens (including phenoxy) is 4. The van der Waals surface area contributed by atoms with Gasteiger partial charge in [0.15, 0.2) is 12.2 Å². The number of carbonyl (C=O) groups is 4. The molecule has 19 heteroatoms. The second-order valence-corrected chi connectivity index (χ2v) is 33.0. The highest BCUT2D eigenvalue weighted by molar-refractivity contribution is 7.47. The second-order valence-electron chi connectivity index (χ2n) is 30.1. The molecular weight excluding hydrogens is 1310 g/mol.